The Balaban J connectivity index is 2.50. The second-order valence-electron chi connectivity index (χ2n) is 13.9. The van der Waals surface area contributed by atoms with Crippen LogP contribution in [0.3, 0.4) is 0 Å². The smallest absolute Gasteiger partial charge is 0.316 e. The van der Waals surface area contributed by atoms with Crippen molar-refractivity contribution in [1.82, 2.24) is 4.90 Å². The topological polar surface area (TPSA) is 158 Å². The van der Waals surface area contributed by atoms with Crippen molar-refractivity contribution in [2.24, 2.45) is 23.7 Å². The summed E-state index contributed by atoms with van der Waals surface area (Å²) in [5.74, 6) is -3.35. The first kappa shape index (κ1) is 40.8. The van der Waals surface area contributed by atoms with Crippen molar-refractivity contribution >= 4 is 23.5 Å². The fourth-order valence-corrected chi connectivity index (χ4v) is 6.92. The van der Waals surface area contributed by atoms with E-state index in [-0.39, 0.29) is 43.8 Å². The van der Waals surface area contributed by atoms with Crippen LogP contribution in [0.4, 0.5) is 0 Å². The Labute approximate surface area is 280 Å². The molecule has 0 spiro atoms. The molecule has 2 N–H and O–H groups in total. The third-order valence-electron chi connectivity index (χ3n) is 9.91. The highest BCUT2D eigenvalue weighted by Gasteiger charge is 2.48. The number of aliphatic hydroxyl groups excluding tert-OH is 1. The molecule has 0 aromatic rings. The molecule has 0 amide bonds. The van der Waals surface area contributed by atoms with Crippen molar-refractivity contribution < 1.29 is 53.1 Å². The largest absolute Gasteiger partial charge is 0.459 e. The molecule has 2 aliphatic rings. The van der Waals surface area contributed by atoms with Gasteiger partial charge in [-0.15, -0.1) is 12.3 Å². The minimum absolute atomic E-state index is 0.0788. The van der Waals surface area contributed by atoms with Crippen LogP contribution < -0.4 is 0 Å². The number of rotatable bonds is 9. The molecule has 0 unspecified atom stereocenters. The number of aliphatic hydroxyl groups is 2. The number of Topliss-reactive ketones (excluding diaryl/α,β-unsaturated/α-hetero) is 2. The second-order valence-corrected chi connectivity index (χ2v) is 13.9. The third-order valence-corrected chi connectivity index (χ3v) is 9.91. The van der Waals surface area contributed by atoms with Crippen LogP contribution in [0.5, 0.6) is 0 Å². The maximum atomic E-state index is 14.1. The number of ether oxygens (including phenoxy) is 5. The zero-order chi connectivity index (χ0) is 35.9. The van der Waals surface area contributed by atoms with Crippen molar-refractivity contribution in [3.63, 3.8) is 0 Å². The lowest BCUT2D eigenvalue weighted by Crippen LogP contribution is -2.57. The van der Waals surface area contributed by atoms with E-state index >= 15 is 0 Å². The summed E-state index contributed by atoms with van der Waals surface area (Å²) < 4.78 is 29.6. The van der Waals surface area contributed by atoms with Crippen LogP contribution >= 0.6 is 0 Å². The van der Waals surface area contributed by atoms with Gasteiger partial charge in [0.05, 0.1) is 30.5 Å². The van der Waals surface area contributed by atoms with Gasteiger partial charge >= 0.3 is 11.9 Å². The van der Waals surface area contributed by atoms with Gasteiger partial charge in [0.15, 0.2) is 18.2 Å². The molecule has 2 aliphatic heterocycles. The molecule has 12 heteroatoms. The van der Waals surface area contributed by atoms with Crippen molar-refractivity contribution in [3.8, 4) is 12.3 Å². The number of ketones is 2. The summed E-state index contributed by atoms with van der Waals surface area (Å²) in [6.07, 6.45) is 2.09. The molecular formula is C35H57NO11. The Bertz CT molecular complexity index is 1140. The molecular weight excluding hydrogens is 610 g/mol. The predicted octanol–water partition coefficient (Wildman–Crippen LogP) is 2.69. The first-order chi connectivity index (χ1) is 21.8. The summed E-state index contributed by atoms with van der Waals surface area (Å²) in [6, 6.07) is -0.276. The molecule has 2 fully saturated rings. The van der Waals surface area contributed by atoms with Crippen LogP contribution in [0.2, 0.25) is 0 Å². The molecule has 0 aromatic carbocycles. The number of carbonyl (C=O) groups excluding carboxylic acids is 4. The Morgan fingerprint density at radius 2 is 1.77 bits per heavy atom. The summed E-state index contributed by atoms with van der Waals surface area (Å²) in [6.45, 7) is 13.0. The molecule has 0 radical (unpaired) electrons. The average Bonchev–Trinajstić information content (AvgIpc) is 3.02. The molecule has 2 rings (SSSR count). The normalized spacial score (nSPS) is 39.5. The van der Waals surface area contributed by atoms with Gasteiger partial charge in [0, 0.05) is 44.8 Å². The van der Waals surface area contributed by atoms with Crippen LogP contribution in [0.15, 0.2) is 0 Å². The van der Waals surface area contributed by atoms with Gasteiger partial charge in [0.1, 0.15) is 23.4 Å². The number of carbonyl (C=O) groups is 4. The zero-order valence-electron chi connectivity index (χ0n) is 29.8. The van der Waals surface area contributed by atoms with E-state index in [1.165, 1.54) is 34.8 Å². The molecule has 47 heavy (non-hydrogen) atoms. The second kappa shape index (κ2) is 17.3. The minimum atomic E-state index is -1.97. The number of esters is 2. The van der Waals surface area contributed by atoms with Crippen molar-refractivity contribution in [2.75, 3.05) is 27.3 Å². The van der Waals surface area contributed by atoms with Crippen LogP contribution in [-0.2, 0) is 42.9 Å². The lowest BCUT2D eigenvalue weighted by Gasteiger charge is -2.44. The standard InChI is InChI=1S/C35H57NO11/c1-12-14-15-36(10)26-16-21(4)45-33(30(26)46-24(7)37)44-19-25-18-34(8,43-11)17-20(3)28(38)22(5)31(40)35(9,42)27(13-2)47-32(41)23(6)29(25)39/h1,20-23,25-27,30-31,33,40,42H,13-19H2,2-11H3/t20-,21-,22+,23-,25+,26+,27-,30-,31-,33-,34-,35-/m1/s1. The Kier molecular flexibility index (Phi) is 15.0. The fraction of sp³-hybridized carbons (Fsp3) is 0.829. The van der Waals surface area contributed by atoms with Crippen molar-refractivity contribution in [1.29, 1.82) is 0 Å². The number of likely N-dealkylation sites (N-methyl/N-ethyl adjacent to an activating group) is 1. The van der Waals surface area contributed by atoms with Crippen molar-refractivity contribution in [2.45, 2.75) is 135 Å². The van der Waals surface area contributed by atoms with E-state index in [1.54, 1.807) is 20.8 Å². The van der Waals surface area contributed by atoms with Gasteiger partial charge in [-0.05, 0) is 60.4 Å². The summed E-state index contributed by atoms with van der Waals surface area (Å²) in [5, 5.41) is 22.4. The van der Waals surface area contributed by atoms with Gasteiger partial charge < -0.3 is 33.9 Å². The summed E-state index contributed by atoms with van der Waals surface area (Å²) in [7, 11) is 3.37. The summed E-state index contributed by atoms with van der Waals surface area (Å²) in [4.78, 5) is 55.1. The number of nitrogens with zero attached hydrogens (tertiary/aromatic N) is 1. The molecule has 268 valence electrons. The lowest BCUT2D eigenvalue weighted by atomic mass is 9.75. The highest BCUT2D eigenvalue weighted by Crippen LogP contribution is 2.35. The molecule has 0 aromatic heterocycles. The predicted molar refractivity (Wildman–Crippen MR) is 173 cm³/mol. The number of methoxy groups -OCH3 is 1. The third kappa shape index (κ3) is 10.3. The molecule has 2 heterocycles. The highest BCUT2D eigenvalue weighted by atomic mass is 16.7. The molecule has 0 bridgehead atoms. The molecule has 2 saturated heterocycles. The van der Waals surface area contributed by atoms with Gasteiger partial charge in [-0.2, -0.15) is 0 Å². The van der Waals surface area contributed by atoms with Crippen LogP contribution in [0, 0.1) is 36.0 Å². The zero-order valence-corrected chi connectivity index (χ0v) is 29.8. The minimum Gasteiger partial charge on any atom is -0.459 e. The van der Waals surface area contributed by atoms with E-state index in [2.05, 4.69) is 5.92 Å². The van der Waals surface area contributed by atoms with Crippen LogP contribution in [-0.4, -0.2) is 114 Å². The monoisotopic (exact) mass is 667 g/mol. The molecule has 12 atom stereocenters. The SMILES string of the molecule is C#CCCN(C)[C@H]1C[C@@H](C)O[C@@H](OC[C@@H]2C[C@](C)(OC)C[C@@H](C)C(=O)[C@H](C)[C@@H](O)[C@](C)(O)[C@@H](CC)OC(=O)[C@H](C)C2=O)[C@@H]1OC(C)=O. The first-order valence-electron chi connectivity index (χ1n) is 16.6. The number of hydrogen-bond acceptors (Lipinski definition) is 12. The Morgan fingerprint density at radius 3 is 2.32 bits per heavy atom. The average molecular weight is 668 g/mol. The van der Waals surface area contributed by atoms with Gasteiger partial charge in [-0.1, -0.05) is 20.8 Å². The molecule has 0 aliphatic carbocycles. The summed E-state index contributed by atoms with van der Waals surface area (Å²) >= 11 is 0. The quantitative estimate of drug-likeness (QED) is 0.211. The van der Waals surface area contributed by atoms with Gasteiger partial charge in [-0.3, -0.25) is 24.1 Å². The van der Waals surface area contributed by atoms with Gasteiger partial charge in [0.25, 0.3) is 0 Å². The maximum absolute atomic E-state index is 14.1. The highest BCUT2D eigenvalue weighted by molar-refractivity contribution is 6.00. The van der Waals surface area contributed by atoms with Gasteiger partial charge in [0.2, 0.25) is 0 Å². The van der Waals surface area contributed by atoms with E-state index in [0.717, 1.165) is 0 Å². The van der Waals surface area contributed by atoms with E-state index in [1.807, 2.05) is 18.9 Å². The van der Waals surface area contributed by atoms with E-state index < -0.39 is 77.2 Å². The van der Waals surface area contributed by atoms with E-state index in [4.69, 9.17) is 30.1 Å². The van der Waals surface area contributed by atoms with Gasteiger partial charge in [-0.25, -0.2) is 0 Å². The number of terminal acetylenes is 1. The summed E-state index contributed by atoms with van der Waals surface area (Å²) in [5.41, 5.74) is -3.00. The van der Waals surface area contributed by atoms with Crippen molar-refractivity contribution in [3.05, 3.63) is 0 Å². The van der Waals surface area contributed by atoms with E-state index in [0.29, 0.717) is 19.4 Å². The van der Waals surface area contributed by atoms with Crippen LogP contribution in [0.1, 0.15) is 87.5 Å². The Hall–Kier alpha value is -2.40. The number of cyclic esters (lactones) is 1. The number of hydrogen-bond donors (Lipinski definition) is 2. The lowest BCUT2D eigenvalue weighted by molar-refractivity contribution is -0.263. The maximum Gasteiger partial charge on any atom is 0.316 e. The Morgan fingerprint density at radius 1 is 1.13 bits per heavy atom. The molecule has 12 nitrogen and oxygen atoms in total. The first-order valence-corrected chi connectivity index (χ1v) is 16.6. The fourth-order valence-electron chi connectivity index (χ4n) is 6.92. The van der Waals surface area contributed by atoms with Crippen LogP contribution in [0.25, 0.3) is 0 Å². The molecule has 0 saturated carbocycles. The van der Waals surface area contributed by atoms with E-state index in [9.17, 15) is 29.4 Å².